The molecule has 0 spiro atoms. The van der Waals surface area contributed by atoms with E-state index in [0.29, 0.717) is 42.7 Å². The van der Waals surface area contributed by atoms with Gasteiger partial charge in [0.1, 0.15) is 5.82 Å². The Kier molecular flexibility index (Phi) is 6.55. The van der Waals surface area contributed by atoms with Crippen LogP contribution in [0.3, 0.4) is 0 Å². The minimum Gasteiger partial charge on any atom is -0.353 e. The highest BCUT2D eigenvalue weighted by Crippen LogP contribution is 2.33. The summed E-state index contributed by atoms with van der Waals surface area (Å²) < 4.78 is 38.3. The second kappa shape index (κ2) is 8.77. The number of aromatic nitrogens is 1. The Balaban J connectivity index is 1.60. The van der Waals surface area contributed by atoms with Gasteiger partial charge in [-0.3, -0.25) is 9.69 Å². The molecule has 156 valence electrons. The van der Waals surface area contributed by atoms with E-state index in [1.54, 1.807) is 31.2 Å². The van der Waals surface area contributed by atoms with E-state index in [1.807, 2.05) is 9.80 Å². The number of halogens is 5. The third-order valence-corrected chi connectivity index (χ3v) is 5.43. The summed E-state index contributed by atoms with van der Waals surface area (Å²) in [6.07, 6.45) is -3.70. The molecule has 1 aromatic carbocycles. The lowest BCUT2D eigenvalue weighted by Crippen LogP contribution is -2.53. The molecular formula is C19H19Cl2F3N4O. The van der Waals surface area contributed by atoms with Crippen LogP contribution < -0.4 is 10.2 Å². The van der Waals surface area contributed by atoms with E-state index in [2.05, 4.69) is 10.3 Å². The van der Waals surface area contributed by atoms with Crippen molar-refractivity contribution in [2.24, 2.45) is 0 Å². The first-order valence-electron chi connectivity index (χ1n) is 8.94. The Morgan fingerprint density at radius 1 is 1.14 bits per heavy atom. The summed E-state index contributed by atoms with van der Waals surface area (Å²) >= 11 is 12.1. The zero-order valence-electron chi connectivity index (χ0n) is 15.5. The summed E-state index contributed by atoms with van der Waals surface area (Å²) in [6.45, 7) is 3.85. The highest BCUT2D eigenvalue weighted by Gasteiger charge is 2.33. The van der Waals surface area contributed by atoms with Gasteiger partial charge in [-0.05, 0) is 25.1 Å². The predicted octanol–water partition coefficient (Wildman–Crippen LogP) is 4.56. The van der Waals surface area contributed by atoms with Gasteiger partial charge in [-0.2, -0.15) is 13.2 Å². The molecule has 1 unspecified atom stereocenters. The molecule has 1 aliphatic heterocycles. The molecule has 0 bridgehead atoms. The molecule has 10 heteroatoms. The minimum atomic E-state index is -4.49. The molecule has 2 heterocycles. The number of nitrogens with one attached hydrogen (secondary N) is 1. The normalized spacial score (nSPS) is 16.6. The molecule has 1 aromatic heterocycles. The molecule has 0 aliphatic carbocycles. The number of para-hydroxylation sites is 1. The molecule has 0 saturated carbocycles. The Bertz CT molecular complexity index is 886. The lowest BCUT2D eigenvalue weighted by Gasteiger charge is -2.38. The first kappa shape index (κ1) is 21.7. The summed E-state index contributed by atoms with van der Waals surface area (Å²) in [5.74, 6) is 0.129. The van der Waals surface area contributed by atoms with Gasteiger partial charge in [-0.25, -0.2) is 4.98 Å². The number of benzene rings is 1. The van der Waals surface area contributed by atoms with Gasteiger partial charge in [-0.15, -0.1) is 0 Å². The van der Waals surface area contributed by atoms with Crippen molar-refractivity contribution in [3.05, 3.63) is 52.1 Å². The van der Waals surface area contributed by atoms with Crippen molar-refractivity contribution in [2.75, 3.05) is 36.4 Å². The molecule has 1 aliphatic rings. The number of alkyl halides is 3. The van der Waals surface area contributed by atoms with Crippen LogP contribution in [-0.2, 0) is 11.0 Å². The van der Waals surface area contributed by atoms with Crippen LogP contribution in [0.4, 0.5) is 24.7 Å². The number of nitrogens with zero attached hydrogens (tertiary/aromatic N) is 3. The smallest absolute Gasteiger partial charge is 0.353 e. The fourth-order valence-electron chi connectivity index (χ4n) is 3.11. The van der Waals surface area contributed by atoms with Crippen LogP contribution in [0.5, 0.6) is 0 Å². The van der Waals surface area contributed by atoms with Crippen molar-refractivity contribution in [3.8, 4) is 0 Å². The standard InChI is InChI=1S/C19H19Cl2F3N4O/c1-12(18(29)26-16-5-3-2-4-14(16)20)27-6-8-28(9-7-27)17-15(21)10-13(11-25-17)19(22,23)24/h2-5,10-12H,6-9H2,1H3,(H,26,29). The molecule has 1 atom stereocenters. The summed E-state index contributed by atoms with van der Waals surface area (Å²) in [5, 5.41) is 3.23. The summed E-state index contributed by atoms with van der Waals surface area (Å²) in [5.41, 5.74) is -0.333. The maximum absolute atomic E-state index is 12.8. The fraction of sp³-hybridized carbons (Fsp3) is 0.368. The van der Waals surface area contributed by atoms with E-state index in [0.717, 1.165) is 12.3 Å². The number of carbonyl (C=O) groups is 1. The van der Waals surface area contributed by atoms with Gasteiger partial charge >= 0.3 is 6.18 Å². The largest absolute Gasteiger partial charge is 0.417 e. The number of rotatable bonds is 4. The molecule has 1 N–H and O–H groups in total. The van der Waals surface area contributed by atoms with E-state index in [4.69, 9.17) is 23.2 Å². The van der Waals surface area contributed by atoms with Crippen LogP contribution in [-0.4, -0.2) is 48.0 Å². The minimum absolute atomic E-state index is 0.0437. The molecule has 1 amide bonds. The number of hydrogen-bond acceptors (Lipinski definition) is 4. The Labute approximate surface area is 176 Å². The van der Waals surface area contributed by atoms with Crippen LogP contribution in [0.25, 0.3) is 0 Å². The van der Waals surface area contributed by atoms with Gasteiger partial charge in [0.15, 0.2) is 0 Å². The monoisotopic (exact) mass is 446 g/mol. The van der Waals surface area contributed by atoms with E-state index in [1.165, 1.54) is 0 Å². The summed E-state index contributed by atoms with van der Waals surface area (Å²) in [7, 11) is 0. The number of amides is 1. The van der Waals surface area contributed by atoms with Crippen molar-refractivity contribution < 1.29 is 18.0 Å². The quantitative estimate of drug-likeness (QED) is 0.747. The predicted molar refractivity (Wildman–Crippen MR) is 108 cm³/mol. The fourth-order valence-corrected chi connectivity index (χ4v) is 3.57. The molecule has 2 aromatic rings. The Morgan fingerprint density at radius 2 is 1.79 bits per heavy atom. The van der Waals surface area contributed by atoms with E-state index in [-0.39, 0.29) is 10.9 Å². The number of carbonyl (C=O) groups excluding carboxylic acids is 1. The van der Waals surface area contributed by atoms with Gasteiger partial charge in [0.25, 0.3) is 0 Å². The number of piperazine rings is 1. The second-order valence-electron chi connectivity index (χ2n) is 6.70. The van der Waals surface area contributed by atoms with E-state index in [9.17, 15) is 18.0 Å². The Morgan fingerprint density at radius 3 is 2.38 bits per heavy atom. The first-order valence-corrected chi connectivity index (χ1v) is 9.69. The topological polar surface area (TPSA) is 48.5 Å². The lowest BCUT2D eigenvalue weighted by atomic mass is 10.2. The number of hydrogen-bond donors (Lipinski definition) is 1. The maximum atomic E-state index is 12.8. The van der Waals surface area contributed by atoms with E-state index >= 15 is 0 Å². The second-order valence-corrected chi connectivity index (χ2v) is 7.51. The van der Waals surface area contributed by atoms with Crippen molar-refractivity contribution in [2.45, 2.75) is 19.1 Å². The third-order valence-electron chi connectivity index (χ3n) is 4.82. The van der Waals surface area contributed by atoms with Crippen molar-refractivity contribution in [3.63, 3.8) is 0 Å². The average Bonchev–Trinajstić information content (AvgIpc) is 2.68. The SMILES string of the molecule is CC(C(=O)Nc1ccccc1Cl)N1CCN(c2ncc(C(F)(F)F)cc2Cl)CC1. The van der Waals surface area contributed by atoms with Crippen LogP contribution in [0.1, 0.15) is 12.5 Å². The maximum Gasteiger partial charge on any atom is 0.417 e. The van der Waals surface area contributed by atoms with Crippen LogP contribution in [0, 0.1) is 0 Å². The van der Waals surface area contributed by atoms with Gasteiger partial charge in [0, 0.05) is 32.4 Å². The van der Waals surface area contributed by atoms with Crippen molar-refractivity contribution in [1.29, 1.82) is 0 Å². The van der Waals surface area contributed by atoms with Gasteiger partial charge in [0.05, 0.1) is 27.3 Å². The summed E-state index contributed by atoms with van der Waals surface area (Å²) in [6, 6.07) is 7.47. The zero-order valence-corrected chi connectivity index (χ0v) is 17.0. The number of pyridine rings is 1. The van der Waals surface area contributed by atoms with Gasteiger partial charge in [-0.1, -0.05) is 35.3 Å². The highest BCUT2D eigenvalue weighted by atomic mass is 35.5. The molecule has 1 fully saturated rings. The van der Waals surface area contributed by atoms with Crippen molar-refractivity contribution in [1.82, 2.24) is 9.88 Å². The molecule has 1 saturated heterocycles. The van der Waals surface area contributed by atoms with Crippen molar-refractivity contribution >= 4 is 40.6 Å². The first-order chi connectivity index (χ1) is 13.7. The number of anilines is 2. The molecule has 29 heavy (non-hydrogen) atoms. The van der Waals surface area contributed by atoms with Crippen LogP contribution in [0.2, 0.25) is 10.0 Å². The van der Waals surface area contributed by atoms with E-state index < -0.39 is 17.8 Å². The molecule has 3 rings (SSSR count). The lowest BCUT2D eigenvalue weighted by molar-refractivity contribution is -0.137. The summed E-state index contributed by atoms with van der Waals surface area (Å²) in [4.78, 5) is 20.2. The Hall–Kier alpha value is -2.03. The highest BCUT2D eigenvalue weighted by molar-refractivity contribution is 6.33. The molecular weight excluding hydrogens is 428 g/mol. The molecule has 0 radical (unpaired) electrons. The van der Waals surface area contributed by atoms with Crippen LogP contribution >= 0.6 is 23.2 Å². The molecule has 5 nitrogen and oxygen atoms in total. The van der Waals surface area contributed by atoms with Gasteiger partial charge in [0.2, 0.25) is 5.91 Å². The van der Waals surface area contributed by atoms with Gasteiger partial charge < -0.3 is 10.2 Å². The zero-order chi connectivity index (χ0) is 21.2. The average molecular weight is 447 g/mol. The van der Waals surface area contributed by atoms with Crippen LogP contribution in [0.15, 0.2) is 36.5 Å². The third kappa shape index (κ3) is 5.12.